The van der Waals surface area contributed by atoms with Crippen molar-refractivity contribution in [2.24, 2.45) is 0 Å². The molecule has 0 spiro atoms. The van der Waals surface area contributed by atoms with E-state index in [9.17, 15) is 14.0 Å². The lowest BCUT2D eigenvalue weighted by Crippen LogP contribution is -2.30. The normalized spacial score (nSPS) is 13.6. The second kappa shape index (κ2) is 8.22. The van der Waals surface area contributed by atoms with Gasteiger partial charge in [0.2, 0.25) is 5.91 Å². The van der Waals surface area contributed by atoms with Crippen LogP contribution in [0.4, 0.5) is 15.8 Å². The highest BCUT2D eigenvalue weighted by Gasteiger charge is 2.15. The second-order valence-corrected chi connectivity index (χ2v) is 7.61. The summed E-state index contributed by atoms with van der Waals surface area (Å²) in [5.41, 5.74) is 2.07. The zero-order chi connectivity index (χ0) is 22.1. The Morgan fingerprint density at radius 1 is 1.00 bits per heavy atom. The minimum Gasteiger partial charge on any atom is -0.372 e. The second-order valence-electron chi connectivity index (χ2n) is 7.61. The third kappa shape index (κ3) is 3.82. The van der Waals surface area contributed by atoms with Gasteiger partial charge in [0.05, 0.1) is 11.9 Å². The van der Waals surface area contributed by atoms with Gasteiger partial charge in [-0.15, -0.1) is 5.10 Å². The summed E-state index contributed by atoms with van der Waals surface area (Å²) < 4.78 is 15.6. The number of carbonyl (C=O) groups excluding carboxylic acids is 1. The van der Waals surface area contributed by atoms with Gasteiger partial charge in [0.15, 0.2) is 5.65 Å². The highest BCUT2D eigenvalue weighted by molar-refractivity contribution is 5.90. The molecule has 1 N–H and O–H groups in total. The maximum Gasteiger partial charge on any atom is 0.281 e. The molecular formula is C22H20FN7O2. The molecule has 0 atom stereocenters. The predicted octanol–water partition coefficient (Wildman–Crippen LogP) is 2.36. The van der Waals surface area contributed by atoms with E-state index in [1.54, 1.807) is 0 Å². The molecule has 2 aromatic heterocycles. The van der Waals surface area contributed by atoms with Gasteiger partial charge in [-0.1, -0.05) is 5.21 Å². The van der Waals surface area contributed by atoms with E-state index in [0.29, 0.717) is 11.4 Å². The minimum absolute atomic E-state index is 0.215. The molecule has 0 saturated carbocycles. The summed E-state index contributed by atoms with van der Waals surface area (Å²) >= 11 is 0. The number of rotatable bonds is 5. The van der Waals surface area contributed by atoms with E-state index < -0.39 is 5.56 Å². The Balaban J connectivity index is 1.31. The van der Waals surface area contributed by atoms with Crippen LogP contribution in [0.3, 0.4) is 0 Å². The van der Waals surface area contributed by atoms with E-state index in [0.717, 1.165) is 23.5 Å². The van der Waals surface area contributed by atoms with Crippen LogP contribution in [0.5, 0.6) is 0 Å². The summed E-state index contributed by atoms with van der Waals surface area (Å²) in [6, 6.07) is 13.3. The van der Waals surface area contributed by atoms with Crippen molar-refractivity contribution in [3.63, 3.8) is 0 Å². The Kier molecular flexibility index (Phi) is 5.10. The Morgan fingerprint density at radius 3 is 2.41 bits per heavy atom. The van der Waals surface area contributed by atoms with Crippen molar-refractivity contribution in [1.82, 2.24) is 24.8 Å². The zero-order valence-corrected chi connectivity index (χ0v) is 17.1. The van der Waals surface area contributed by atoms with Gasteiger partial charge in [-0.25, -0.2) is 13.8 Å². The molecule has 4 aromatic rings. The van der Waals surface area contributed by atoms with Gasteiger partial charge in [-0.2, -0.15) is 5.10 Å². The first kappa shape index (κ1) is 19.9. The van der Waals surface area contributed by atoms with E-state index in [4.69, 9.17) is 0 Å². The lowest BCUT2D eigenvalue weighted by molar-refractivity contribution is -0.117. The smallest absolute Gasteiger partial charge is 0.281 e. The number of fused-ring (bicyclic) bond motifs is 1. The van der Waals surface area contributed by atoms with Gasteiger partial charge < -0.3 is 10.2 Å². The molecule has 1 amide bonds. The fourth-order valence-electron chi connectivity index (χ4n) is 3.81. The highest BCUT2D eigenvalue weighted by Crippen LogP contribution is 2.22. The van der Waals surface area contributed by atoms with Crippen LogP contribution < -0.4 is 15.8 Å². The molecule has 10 heteroatoms. The minimum atomic E-state index is -0.483. The van der Waals surface area contributed by atoms with E-state index in [1.165, 1.54) is 48.0 Å². The van der Waals surface area contributed by atoms with Crippen molar-refractivity contribution in [3.05, 3.63) is 70.9 Å². The highest BCUT2D eigenvalue weighted by atomic mass is 19.1. The van der Waals surface area contributed by atoms with Crippen LogP contribution >= 0.6 is 0 Å². The molecule has 5 rings (SSSR count). The lowest BCUT2D eigenvalue weighted by Gasteiger charge is -2.17. The van der Waals surface area contributed by atoms with Crippen LogP contribution in [0.2, 0.25) is 0 Å². The van der Waals surface area contributed by atoms with Crippen LogP contribution in [0.25, 0.3) is 16.7 Å². The standard InChI is InChI=1S/C22H20FN7O2/c23-15-3-7-18(8-4-15)30-21-19(13-24-30)22(32)29(27-26-21)14-20(31)25-16-5-9-17(10-6-16)28-11-1-2-12-28/h3-10,13H,1-2,11-12,14H2,(H,25,31). The van der Waals surface area contributed by atoms with Crippen molar-refractivity contribution in [3.8, 4) is 5.69 Å². The Morgan fingerprint density at radius 2 is 1.69 bits per heavy atom. The van der Waals surface area contributed by atoms with Crippen molar-refractivity contribution in [2.75, 3.05) is 23.3 Å². The fraction of sp³-hybridized carbons (Fsp3) is 0.227. The predicted molar refractivity (Wildman–Crippen MR) is 117 cm³/mol. The summed E-state index contributed by atoms with van der Waals surface area (Å²) in [6.45, 7) is 1.82. The summed E-state index contributed by atoms with van der Waals surface area (Å²) in [5, 5.41) is 15.1. The van der Waals surface area contributed by atoms with Crippen LogP contribution in [-0.4, -0.2) is 43.8 Å². The SMILES string of the molecule is O=C(Cn1nnc2c(cnn2-c2ccc(F)cc2)c1=O)Nc1ccc(N2CCCC2)cc1. The van der Waals surface area contributed by atoms with Gasteiger partial charge >= 0.3 is 0 Å². The number of nitrogens with zero attached hydrogens (tertiary/aromatic N) is 6. The molecular weight excluding hydrogens is 413 g/mol. The van der Waals surface area contributed by atoms with Crippen LogP contribution in [-0.2, 0) is 11.3 Å². The number of nitrogens with one attached hydrogen (secondary N) is 1. The average Bonchev–Trinajstić information content (AvgIpc) is 3.48. The zero-order valence-electron chi connectivity index (χ0n) is 17.1. The fourth-order valence-corrected chi connectivity index (χ4v) is 3.81. The van der Waals surface area contributed by atoms with E-state index in [1.807, 2.05) is 24.3 Å². The molecule has 1 aliphatic rings. The summed E-state index contributed by atoms with van der Waals surface area (Å²) in [4.78, 5) is 27.5. The lowest BCUT2D eigenvalue weighted by atomic mass is 10.2. The van der Waals surface area contributed by atoms with Crippen LogP contribution in [0, 0.1) is 5.82 Å². The molecule has 0 bridgehead atoms. The number of benzene rings is 2. The molecule has 162 valence electrons. The number of anilines is 2. The van der Waals surface area contributed by atoms with Gasteiger partial charge in [0.1, 0.15) is 17.7 Å². The number of carbonyl (C=O) groups is 1. The molecule has 0 unspecified atom stereocenters. The summed E-state index contributed by atoms with van der Waals surface area (Å²) in [6.07, 6.45) is 3.75. The van der Waals surface area contributed by atoms with Crippen molar-refractivity contribution in [1.29, 1.82) is 0 Å². The number of amides is 1. The van der Waals surface area contributed by atoms with E-state index in [2.05, 4.69) is 25.6 Å². The van der Waals surface area contributed by atoms with E-state index in [-0.39, 0.29) is 29.3 Å². The van der Waals surface area contributed by atoms with Crippen LogP contribution in [0.1, 0.15) is 12.8 Å². The quantitative estimate of drug-likeness (QED) is 0.519. The van der Waals surface area contributed by atoms with Gasteiger partial charge in [0, 0.05) is 24.5 Å². The summed E-state index contributed by atoms with van der Waals surface area (Å²) in [5.74, 6) is -0.768. The van der Waals surface area contributed by atoms with Gasteiger partial charge in [0.25, 0.3) is 5.56 Å². The molecule has 3 heterocycles. The molecule has 0 radical (unpaired) electrons. The Labute approximate surface area is 182 Å². The number of aromatic nitrogens is 5. The largest absolute Gasteiger partial charge is 0.372 e. The number of hydrogen-bond donors (Lipinski definition) is 1. The van der Waals surface area contributed by atoms with Gasteiger partial charge in [-0.3, -0.25) is 9.59 Å². The molecule has 9 nitrogen and oxygen atoms in total. The topological polar surface area (TPSA) is 97.9 Å². The molecule has 1 saturated heterocycles. The molecule has 2 aromatic carbocycles. The monoisotopic (exact) mass is 433 g/mol. The first-order valence-corrected chi connectivity index (χ1v) is 10.3. The average molecular weight is 433 g/mol. The molecule has 0 aliphatic carbocycles. The van der Waals surface area contributed by atoms with Gasteiger partial charge in [-0.05, 0) is 61.4 Å². The van der Waals surface area contributed by atoms with Crippen molar-refractivity contribution >= 4 is 28.3 Å². The Bertz CT molecular complexity index is 1320. The summed E-state index contributed by atoms with van der Waals surface area (Å²) in [7, 11) is 0. The number of hydrogen-bond acceptors (Lipinski definition) is 6. The molecule has 1 fully saturated rings. The van der Waals surface area contributed by atoms with Crippen molar-refractivity contribution in [2.45, 2.75) is 19.4 Å². The first-order valence-electron chi connectivity index (χ1n) is 10.3. The Hall–Kier alpha value is -4.08. The first-order chi connectivity index (χ1) is 15.6. The van der Waals surface area contributed by atoms with Crippen LogP contribution in [0.15, 0.2) is 59.5 Å². The third-order valence-electron chi connectivity index (χ3n) is 5.44. The number of halogens is 1. The maximum absolute atomic E-state index is 13.2. The third-order valence-corrected chi connectivity index (χ3v) is 5.44. The molecule has 32 heavy (non-hydrogen) atoms. The molecule has 1 aliphatic heterocycles. The maximum atomic E-state index is 13.2. The van der Waals surface area contributed by atoms with E-state index >= 15 is 0 Å². The van der Waals surface area contributed by atoms with Crippen molar-refractivity contribution < 1.29 is 9.18 Å².